The second-order valence-electron chi connectivity index (χ2n) is 9.26. The van der Waals surface area contributed by atoms with Crippen molar-refractivity contribution in [2.75, 3.05) is 17.1 Å². The Balaban J connectivity index is 2.04. The van der Waals surface area contributed by atoms with Gasteiger partial charge in [-0.15, -0.1) is 0 Å². The van der Waals surface area contributed by atoms with E-state index in [4.69, 9.17) is 0 Å². The minimum absolute atomic E-state index is 0.0138. The highest BCUT2D eigenvalue weighted by molar-refractivity contribution is 9.10. The number of nitrogens with one attached hydrogen (secondary N) is 1. The fraction of sp³-hybridized carbons (Fsp3) is 0.286. The molecular formula is C28H31BrFN3O4S. The van der Waals surface area contributed by atoms with E-state index in [1.165, 1.54) is 17.0 Å². The van der Waals surface area contributed by atoms with Crippen molar-refractivity contribution in [3.05, 3.63) is 100 Å². The fourth-order valence-corrected chi connectivity index (χ4v) is 5.06. The Morgan fingerprint density at radius 3 is 2.08 bits per heavy atom. The number of amides is 2. The van der Waals surface area contributed by atoms with Gasteiger partial charge in [0, 0.05) is 23.5 Å². The Hall–Kier alpha value is -3.24. The van der Waals surface area contributed by atoms with Gasteiger partial charge in [0.05, 0.1) is 11.9 Å². The van der Waals surface area contributed by atoms with E-state index in [2.05, 4.69) is 21.2 Å². The molecule has 1 unspecified atom stereocenters. The second kappa shape index (κ2) is 13.0. The van der Waals surface area contributed by atoms with E-state index in [0.717, 1.165) is 20.6 Å². The van der Waals surface area contributed by atoms with Gasteiger partial charge in [0.25, 0.3) is 0 Å². The van der Waals surface area contributed by atoms with Gasteiger partial charge in [-0.3, -0.25) is 13.9 Å². The summed E-state index contributed by atoms with van der Waals surface area (Å²) in [5.74, 6) is -1.36. The molecule has 0 aliphatic heterocycles. The van der Waals surface area contributed by atoms with Crippen molar-refractivity contribution in [2.24, 2.45) is 0 Å². The number of hydrogen-bond donors (Lipinski definition) is 1. The third-order valence-corrected chi connectivity index (χ3v) is 7.43. The van der Waals surface area contributed by atoms with Crippen LogP contribution in [0.2, 0.25) is 0 Å². The number of benzene rings is 3. The summed E-state index contributed by atoms with van der Waals surface area (Å²) in [6.07, 6.45) is 1.24. The van der Waals surface area contributed by atoms with Crippen molar-refractivity contribution in [2.45, 2.75) is 38.9 Å². The highest BCUT2D eigenvalue weighted by Crippen LogP contribution is 2.22. The molecule has 0 aliphatic rings. The van der Waals surface area contributed by atoms with Crippen LogP contribution in [0.1, 0.15) is 25.0 Å². The number of rotatable bonds is 11. The third-order valence-electron chi connectivity index (χ3n) is 5.76. The molecule has 3 aromatic carbocycles. The van der Waals surface area contributed by atoms with Crippen LogP contribution in [0.5, 0.6) is 0 Å². The van der Waals surface area contributed by atoms with E-state index in [0.29, 0.717) is 11.3 Å². The number of halogens is 2. The van der Waals surface area contributed by atoms with Crippen LogP contribution in [0, 0.1) is 5.82 Å². The maximum Gasteiger partial charge on any atom is 0.244 e. The van der Waals surface area contributed by atoms with E-state index >= 15 is 0 Å². The SMILES string of the molecule is CC(C)NC(=O)C(Cc1ccccc1)N(Cc1ccc(F)cc1)C(=O)CN(c1ccc(Br)cc1)S(C)(=O)=O. The Morgan fingerprint density at radius 2 is 1.53 bits per heavy atom. The molecule has 0 spiro atoms. The van der Waals surface area contributed by atoms with Crippen molar-refractivity contribution >= 4 is 43.5 Å². The Kier molecular flexibility index (Phi) is 10.0. The normalized spacial score (nSPS) is 12.2. The largest absolute Gasteiger partial charge is 0.352 e. The number of carbonyl (C=O) groups is 2. The van der Waals surface area contributed by atoms with Gasteiger partial charge in [0.2, 0.25) is 21.8 Å². The summed E-state index contributed by atoms with van der Waals surface area (Å²) in [5, 5.41) is 2.88. The summed E-state index contributed by atoms with van der Waals surface area (Å²) in [7, 11) is -3.84. The van der Waals surface area contributed by atoms with Crippen LogP contribution in [0.15, 0.2) is 83.3 Å². The molecule has 0 fully saturated rings. The zero-order valence-electron chi connectivity index (χ0n) is 21.5. The van der Waals surface area contributed by atoms with Crippen LogP contribution in [0.4, 0.5) is 10.1 Å². The lowest BCUT2D eigenvalue weighted by molar-refractivity contribution is -0.140. The lowest BCUT2D eigenvalue weighted by Gasteiger charge is -2.34. The summed E-state index contributed by atoms with van der Waals surface area (Å²) in [6.45, 7) is 3.12. The molecule has 1 N–H and O–H groups in total. The molecule has 0 saturated heterocycles. The van der Waals surface area contributed by atoms with Gasteiger partial charge < -0.3 is 10.2 Å². The Bertz CT molecular complexity index is 1330. The predicted molar refractivity (Wildman–Crippen MR) is 150 cm³/mol. The number of sulfonamides is 1. The standard InChI is InChI=1S/C28H31BrFN3O4S/c1-20(2)31-28(35)26(17-21-7-5-4-6-8-21)32(18-22-9-13-24(30)14-10-22)27(34)19-33(38(3,36)37)25-15-11-23(29)12-16-25/h4-16,20,26H,17-19H2,1-3H3,(H,31,35). The highest BCUT2D eigenvalue weighted by Gasteiger charge is 2.33. The van der Waals surface area contributed by atoms with Gasteiger partial charge in [-0.1, -0.05) is 58.4 Å². The molecule has 3 aromatic rings. The average molecular weight is 605 g/mol. The Labute approximate surface area is 231 Å². The second-order valence-corrected chi connectivity index (χ2v) is 12.1. The average Bonchev–Trinajstić information content (AvgIpc) is 2.86. The molecule has 0 aromatic heterocycles. The molecule has 0 aliphatic carbocycles. The number of hydrogen-bond acceptors (Lipinski definition) is 4. The summed E-state index contributed by atoms with van der Waals surface area (Å²) in [5.41, 5.74) is 1.75. The van der Waals surface area contributed by atoms with E-state index < -0.39 is 34.3 Å². The van der Waals surface area contributed by atoms with Crippen LogP contribution in [-0.2, 0) is 32.6 Å². The van der Waals surface area contributed by atoms with Crippen LogP contribution in [-0.4, -0.2) is 50.0 Å². The maximum absolute atomic E-state index is 13.9. The molecule has 0 radical (unpaired) electrons. The van der Waals surface area contributed by atoms with Crippen molar-refractivity contribution in [3.63, 3.8) is 0 Å². The number of nitrogens with zero attached hydrogens (tertiary/aromatic N) is 2. The number of anilines is 1. The van der Waals surface area contributed by atoms with Gasteiger partial charge in [-0.25, -0.2) is 12.8 Å². The molecule has 2 amide bonds. The zero-order chi connectivity index (χ0) is 27.9. The van der Waals surface area contributed by atoms with Crippen molar-refractivity contribution in [1.82, 2.24) is 10.2 Å². The molecule has 0 saturated carbocycles. The predicted octanol–water partition coefficient (Wildman–Crippen LogP) is 4.52. The maximum atomic E-state index is 13.9. The van der Waals surface area contributed by atoms with Gasteiger partial charge in [-0.2, -0.15) is 0 Å². The molecule has 0 heterocycles. The first-order valence-electron chi connectivity index (χ1n) is 12.1. The lowest BCUT2D eigenvalue weighted by Crippen LogP contribution is -2.54. The van der Waals surface area contributed by atoms with E-state index in [-0.39, 0.29) is 24.9 Å². The molecule has 10 heteroatoms. The minimum Gasteiger partial charge on any atom is -0.352 e. The van der Waals surface area contributed by atoms with E-state index in [1.807, 2.05) is 44.2 Å². The molecule has 7 nitrogen and oxygen atoms in total. The Morgan fingerprint density at radius 1 is 0.921 bits per heavy atom. The fourth-order valence-electron chi connectivity index (χ4n) is 3.94. The molecular weight excluding hydrogens is 573 g/mol. The third kappa shape index (κ3) is 8.39. The van der Waals surface area contributed by atoms with Crippen LogP contribution >= 0.6 is 15.9 Å². The first-order valence-corrected chi connectivity index (χ1v) is 14.7. The first kappa shape index (κ1) is 29.3. The smallest absolute Gasteiger partial charge is 0.244 e. The highest BCUT2D eigenvalue weighted by atomic mass is 79.9. The van der Waals surface area contributed by atoms with Crippen LogP contribution in [0.3, 0.4) is 0 Å². The topological polar surface area (TPSA) is 86.8 Å². The van der Waals surface area contributed by atoms with Gasteiger partial charge in [0.1, 0.15) is 18.4 Å². The van der Waals surface area contributed by atoms with Crippen LogP contribution in [0.25, 0.3) is 0 Å². The van der Waals surface area contributed by atoms with Crippen molar-refractivity contribution in [1.29, 1.82) is 0 Å². The molecule has 202 valence electrons. The summed E-state index contributed by atoms with van der Waals surface area (Å²) in [4.78, 5) is 28.7. The van der Waals surface area contributed by atoms with Crippen molar-refractivity contribution < 1.29 is 22.4 Å². The minimum atomic E-state index is -3.84. The zero-order valence-corrected chi connectivity index (χ0v) is 23.9. The quantitative estimate of drug-likeness (QED) is 0.349. The molecule has 0 bridgehead atoms. The first-order chi connectivity index (χ1) is 17.9. The summed E-state index contributed by atoms with van der Waals surface area (Å²) < 4.78 is 40.8. The van der Waals surface area contributed by atoms with Crippen LogP contribution < -0.4 is 9.62 Å². The van der Waals surface area contributed by atoms with E-state index in [9.17, 15) is 22.4 Å². The molecule has 1 atom stereocenters. The molecule has 38 heavy (non-hydrogen) atoms. The summed E-state index contributed by atoms with van der Waals surface area (Å²) >= 11 is 3.33. The van der Waals surface area contributed by atoms with Gasteiger partial charge >= 0.3 is 0 Å². The number of carbonyl (C=O) groups excluding carboxylic acids is 2. The lowest BCUT2D eigenvalue weighted by atomic mass is 10.0. The monoisotopic (exact) mass is 603 g/mol. The van der Waals surface area contributed by atoms with Crippen molar-refractivity contribution in [3.8, 4) is 0 Å². The summed E-state index contributed by atoms with van der Waals surface area (Å²) in [6, 6.07) is 20.3. The van der Waals surface area contributed by atoms with E-state index in [1.54, 1.807) is 36.4 Å². The van der Waals surface area contributed by atoms with Gasteiger partial charge in [-0.05, 0) is 61.4 Å². The molecule has 3 rings (SSSR count). The van der Waals surface area contributed by atoms with Gasteiger partial charge in [0.15, 0.2) is 0 Å².